The van der Waals surface area contributed by atoms with E-state index in [-0.39, 0.29) is 23.2 Å². The highest BCUT2D eigenvalue weighted by Crippen LogP contribution is 2.38. The van der Waals surface area contributed by atoms with Crippen molar-refractivity contribution in [2.24, 2.45) is 0 Å². The minimum Gasteiger partial charge on any atom is -0.506 e. The predicted octanol–water partition coefficient (Wildman–Crippen LogP) is 3.88. The number of rotatable bonds is 4. The van der Waals surface area contributed by atoms with Gasteiger partial charge in [0.15, 0.2) is 0 Å². The molecule has 1 unspecified atom stereocenters. The molecule has 1 fully saturated rings. The third kappa shape index (κ3) is 3.96. The molecule has 3 aromatic rings. The van der Waals surface area contributed by atoms with Crippen LogP contribution in [0, 0.1) is 0 Å². The zero-order chi connectivity index (χ0) is 21.3. The molecule has 3 N–H and O–H groups in total. The van der Waals surface area contributed by atoms with Gasteiger partial charge in [-0.15, -0.1) is 0 Å². The highest BCUT2D eigenvalue weighted by molar-refractivity contribution is 7.89. The van der Waals surface area contributed by atoms with Gasteiger partial charge in [0.25, 0.3) is 0 Å². The van der Waals surface area contributed by atoms with Gasteiger partial charge in [0.1, 0.15) is 5.75 Å². The summed E-state index contributed by atoms with van der Waals surface area (Å²) in [5, 5.41) is 11.1. The van der Waals surface area contributed by atoms with Gasteiger partial charge in [0.2, 0.25) is 10.0 Å². The summed E-state index contributed by atoms with van der Waals surface area (Å²) in [4.78, 5) is 2.28. The van der Waals surface area contributed by atoms with Crippen molar-refractivity contribution < 1.29 is 13.5 Å². The molecule has 6 nitrogen and oxygen atoms in total. The van der Waals surface area contributed by atoms with Gasteiger partial charge in [0.05, 0.1) is 16.6 Å². The Kier molecular flexibility index (Phi) is 5.60. The highest BCUT2D eigenvalue weighted by Gasteiger charge is 2.36. The monoisotopic (exact) mass is 443 g/mol. The van der Waals surface area contributed by atoms with Crippen LogP contribution in [-0.2, 0) is 10.0 Å². The van der Waals surface area contributed by atoms with Crippen LogP contribution in [0.3, 0.4) is 0 Å². The average molecular weight is 444 g/mol. The number of piperazine rings is 1. The zero-order valence-electron chi connectivity index (χ0n) is 16.1. The van der Waals surface area contributed by atoms with Crippen LogP contribution in [0.5, 0.6) is 5.75 Å². The summed E-state index contributed by atoms with van der Waals surface area (Å²) in [6.07, 6.45) is 0. The van der Waals surface area contributed by atoms with Gasteiger partial charge in [-0.25, -0.2) is 8.42 Å². The molecule has 0 aromatic heterocycles. The second-order valence-electron chi connectivity index (χ2n) is 7.19. The Labute approximate surface area is 181 Å². The fourth-order valence-corrected chi connectivity index (χ4v) is 5.34. The number of phenols is 1. The smallest absolute Gasteiger partial charge is 0.243 e. The van der Waals surface area contributed by atoms with E-state index in [0.717, 1.165) is 5.56 Å². The van der Waals surface area contributed by atoms with Crippen molar-refractivity contribution in [3.63, 3.8) is 0 Å². The Morgan fingerprint density at radius 3 is 2.33 bits per heavy atom. The van der Waals surface area contributed by atoms with Crippen molar-refractivity contribution in [1.29, 1.82) is 0 Å². The van der Waals surface area contributed by atoms with E-state index < -0.39 is 10.0 Å². The van der Waals surface area contributed by atoms with E-state index in [0.29, 0.717) is 29.5 Å². The van der Waals surface area contributed by atoms with E-state index in [1.807, 2.05) is 17.0 Å². The molecule has 30 heavy (non-hydrogen) atoms. The predicted molar refractivity (Wildman–Crippen MR) is 119 cm³/mol. The van der Waals surface area contributed by atoms with Gasteiger partial charge < -0.3 is 15.7 Å². The summed E-state index contributed by atoms with van der Waals surface area (Å²) in [7, 11) is -3.64. The van der Waals surface area contributed by atoms with Crippen LogP contribution in [0.25, 0.3) is 0 Å². The maximum absolute atomic E-state index is 13.2. The third-order valence-electron chi connectivity index (χ3n) is 5.29. The van der Waals surface area contributed by atoms with E-state index in [1.165, 1.54) is 10.4 Å². The van der Waals surface area contributed by atoms with E-state index in [9.17, 15) is 13.5 Å². The largest absolute Gasteiger partial charge is 0.506 e. The number of phenolic OH excluding ortho intramolecular Hbond substituents is 1. The number of benzene rings is 3. The number of hydrogen-bond acceptors (Lipinski definition) is 5. The Morgan fingerprint density at radius 1 is 0.967 bits per heavy atom. The molecule has 3 aromatic carbocycles. The topological polar surface area (TPSA) is 86.9 Å². The lowest BCUT2D eigenvalue weighted by atomic mass is 10.0. The average Bonchev–Trinajstić information content (AvgIpc) is 2.75. The quantitative estimate of drug-likeness (QED) is 0.597. The second-order valence-corrected chi connectivity index (χ2v) is 9.56. The number of anilines is 2. The molecule has 1 atom stereocenters. The van der Waals surface area contributed by atoms with Crippen molar-refractivity contribution in [1.82, 2.24) is 4.31 Å². The van der Waals surface area contributed by atoms with Gasteiger partial charge in [-0.05, 0) is 42.0 Å². The minimum atomic E-state index is -3.64. The third-order valence-corrected chi connectivity index (χ3v) is 7.42. The maximum Gasteiger partial charge on any atom is 0.243 e. The minimum absolute atomic E-state index is 0.0633. The molecule has 4 rings (SSSR count). The molecule has 0 spiro atoms. The summed E-state index contributed by atoms with van der Waals surface area (Å²) in [6, 6.07) is 20.4. The Bertz CT molecular complexity index is 1140. The molecule has 1 aliphatic rings. The molecule has 1 heterocycles. The first-order chi connectivity index (χ1) is 14.4. The molecule has 0 saturated carbocycles. The summed E-state index contributed by atoms with van der Waals surface area (Å²) in [5.74, 6) is 0.0633. The fraction of sp³-hybridized carbons (Fsp3) is 0.182. The van der Waals surface area contributed by atoms with Crippen LogP contribution in [0.1, 0.15) is 11.6 Å². The van der Waals surface area contributed by atoms with E-state index in [4.69, 9.17) is 17.3 Å². The number of nitrogens with zero attached hydrogens (tertiary/aromatic N) is 2. The molecule has 0 amide bonds. The van der Waals surface area contributed by atoms with Gasteiger partial charge >= 0.3 is 0 Å². The molecule has 0 radical (unpaired) electrons. The number of sulfonamides is 1. The van der Waals surface area contributed by atoms with Crippen LogP contribution >= 0.6 is 11.6 Å². The van der Waals surface area contributed by atoms with Gasteiger partial charge in [0, 0.05) is 36.4 Å². The lowest BCUT2D eigenvalue weighted by molar-refractivity contribution is 0.333. The first-order valence-electron chi connectivity index (χ1n) is 9.52. The van der Waals surface area contributed by atoms with Crippen LogP contribution in [0.4, 0.5) is 11.4 Å². The zero-order valence-corrected chi connectivity index (χ0v) is 17.7. The number of nitrogens with two attached hydrogens (primary N) is 1. The fourth-order valence-electron chi connectivity index (χ4n) is 3.76. The number of nitrogen functional groups attached to an aromatic ring is 1. The number of halogens is 1. The van der Waals surface area contributed by atoms with Crippen molar-refractivity contribution in [2.45, 2.75) is 10.9 Å². The Morgan fingerprint density at radius 2 is 1.67 bits per heavy atom. The SMILES string of the molecule is Nc1ccc(N2CCN(S(=O)(=O)c3ccccc3)CC2c2ccc(Cl)cc2)c(O)c1. The van der Waals surface area contributed by atoms with E-state index >= 15 is 0 Å². The summed E-state index contributed by atoms with van der Waals surface area (Å²) in [5.41, 5.74) is 7.76. The lowest BCUT2D eigenvalue weighted by Gasteiger charge is -2.42. The maximum atomic E-state index is 13.2. The molecular weight excluding hydrogens is 422 g/mol. The van der Waals surface area contributed by atoms with Crippen molar-refractivity contribution >= 4 is 33.0 Å². The van der Waals surface area contributed by atoms with Crippen molar-refractivity contribution in [2.75, 3.05) is 30.3 Å². The van der Waals surface area contributed by atoms with Gasteiger partial charge in [-0.3, -0.25) is 0 Å². The van der Waals surface area contributed by atoms with Crippen LogP contribution in [0.15, 0.2) is 77.7 Å². The Balaban J connectivity index is 1.72. The van der Waals surface area contributed by atoms with E-state index in [1.54, 1.807) is 54.6 Å². The van der Waals surface area contributed by atoms with Crippen LogP contribution in [0.2, 0.25) is 5.02 Å². The Hall–Kier alpha value is -2.74. The summed E-state index contributed by atoms with van der Waals surface area (Å²) >= 11 is 6.05. The number of aromatic hydroxyl groups is 1. The van der Waals surface area contributed by atoms with Gasteiger partial charge in [-0.2, -0.15) is 4.31 Å². The molecule has 156 valence electrons. The lowest BCUT2D eigenvalue weighted by Crippen LogP contribution is -2.50. The first kappa shape index (κ1) is 20.5. The van der Waals surface area contributed by atoms with Crippen molar-refractivity contribution in [3.05, 3.63) is 83.4 Å². The molecule has 8 heteroatoms. The van der Waals surface area contributed by atoms with E-state index in [2.05, 4.69) is 0 Å². The van der Waals surface area contributed by atoms with Crippen LogP contribution < -0.4 is 10.6 Å². The molecule has 0 aliphatic carbocycles. The molecule has 0 bridgehead atoms. The molecular formula is C22H22ClN3O3S. The molecule has 1 saturated heterocycles. The standard InChI is InChI=1S/C22H22ClN3O3S/c23-17-8-6-16(7-9-17)21-15-25(30(28,29)19-4-2-1-3-5-19)12-13-26(21)20-11-10-18(24)14-22(20)27/h1-11,14,21,27H,12-13,15,24H2. The van der Waals surface area contributed by atoms with Gasteiger partial charge in [-0.1, -0.05) is 41.9 Å². The highest BCUT2D eigenvalue weighted by atomic mass is 35.5. The summed E-state index contributed by atoms with van der Waals surface area (Å²) in [6.45, 7) is 0.949. The normalized spacial score (nSPS) is 17.8. The van der Waals surface area contributed by atoms with Crippen molar-refractivity contribution in [3.8, 4) is 5.75 Å². The molecule has 1 aliphatic heterocycles. The summed E-state index contributed by atoms with van der Waals surface area (Å²) < 4.78 is 27.9. The van der Waals surface area contributed by atoms with Crippen LogP contribution in [-0.4, -0.2) is 37.5 Å². The first-order valence-corrected chi connectivity index (χ1v) is 11.3. The number of hydrogen-bond donors (Lipinski definition) is 2. The second kappa shape index (κ2) is 8.18.